The number of rotatable bonds is 0. The molecule has 0 saturated carbocycles. The molecule has 0 aliphatic carbocycles. The fourth-order valence-corrected chi connectivity index (χ4v) is 1.40. The van der Waals surface area contributed by atoms with Crippen molar-refractivity contribution in [2.45, 2.75) is 12.8 Å². The molecular weight excluding hydrogens is 154 g/mol. The third-order valence-electron chi connectivity index (χ3n) is 2.15. The molecule has 0 bridgehead atoms. The summed E-state index contributed by atoms with van der Waals surface area (Å²) in [5, 5.41) is 0. The molecule has 0 amide bonds. The van der Waals surface area contributed by atoms with Gasteiger partial charge in [0, 0.05) is 12.0 Å². The third-order valence-corrected chi connectivity index (χ3v) is 2.15. The lowest BCUT2D eigenvalue weighted by molar-refractivity contribution is 0.336. The lowest BCUT2D eigenvalue weighted by Crippen LogP contribution is -2.08. The van der Waals surface area contributed by atoms with Gasteiger partial charge in [0.1, 0.15) is 19.4 Å². The SMILES string of the molecule is [B]c1cc2c(cc1F)OCC2C. The summed E-state index contributed by atoms with van der Waals surface area (Å²) in [6, 6.07) is 3.01. The number of fused-ring (bicyclic) bond motifs is 1. The second-order valence-electron chi connectivity index (χ2n) is 3.12. The Morgan fingerprint density at radius 3 is 3.08 bits per heavy atom. The maximum atomic E-state index is 12.9. The molecule has 0 aromatic heterocycles. The van der Waals surface area contributed by atoms with Gasteiger partial charge < -0.3 is 4.74 Å². The summed E-state index contributed by atoms with van der Waals surface area (Å²) in [4.78, 5) is 0. The molecule has 1 aromatic carbocycles. The van der Waals surface area contributed by atoms with Crippen LogP contribution in [0.5, 0.6) is 5.75 Å². The van der Waals surface area contributed by atoms with Crippen LogP contribution in [0.4, 0.5) is 4.39 Å². The zero-order valence-corrected chi connectivity index (χ0v) is 6.80. The van der Waals surface area contributed by atoms with E-state index in [0.29, 0.717) is 18.3 Å². The van der Waals surface area contributed by atoms with Crippen LogP contribution in [0.15, 0.2) is 12.1 Å². The Labute approximate surface area is 72.0 Å². The Hall–Kier alpha value is -0.985. The van der Waals surface area contributed by atoms with E-state index in [9.17, 15) is 4.39 Å². The fourth-order valence-electron chi connectivity index (χ4n) is 1.40. The molecular formula is C9H8BFO. The van der Waals surface area contributed by atoms with Gasteiger partial charge >= 0.3 is 0 Å². The first-order chi connectivity index (χ1) is 5.68. The van der Waals surface area contributed by atoms with E-state index in [-0.39, 0.29) is 5.46 Å². The van der Waals surface area contributed by atoms with Crippen LogP contribution in [-0.2, 0) is 0 Å². The van der Waals surface area contributed by atoms with Crippen molar-refractivity contribution in [3.05, 3.63) is 23.5 Å². The van der Waals surface area contributed by atoms with Crippen LogP contribution in [0.1, 0.15) is 18.4 Å². The van der Waals surface area contributed by atoms with Crippen molar-refractivity contribution in [3.8, 4) is 5.75 Å². The minimum atomic E-state index is -0.400. The number of benzene rings is 1. The molecule has 0 N–H and O–H groups in total. The topological polar surface area (TPSA) is 9.23 Å². The average Bonchev–Trinajstić information content (AvgIpc) is 2.35. The van der Waals surface area contributed by atoms with E-state index in [0.717, 1.165) is 5.56 Å². The summed E-state index contributed by atoms with van der Waals surface area (Å²) in [6.45, 7) is 2.65. The Kier molecular flexibility index (Phi) is 1.60. The Bertz CT molecular complexity index is 325. The predicted octanol–water partition coefficient (Wildman–Crippen LogP) is 1.12. The summed E-state index contributed by atoms with van der Waals surface area (Å²) in [6.07, 6.45) is 0. The van der Waals surface area contributed by atoms with Crippen molar-refractivity contribution in [1.29, 1.82) is 0 Å². The standard InChI is InChI=1S/C9H8BFO/c1-5-4-12-9-3-8(11)7(10)2-6(5)9/h2-3,5H,4H2,1H3. The highest BCUT2D eigenvalue weighted by Gasteiger charge is 2.20. The first-order valence-corrected chi connectivity index (χ1v) is 3.90. The normalized spacial score (nSPS) is 20.3. The zero-order chi connectivity index (χ0) is 8.72. The van der Waals surface area contributed by atoms with Crippen molar-refractivity contribution in [3.63, 3.8) is 0 Å². The minimum absolute atomic E-state index is 0.200. The third kappa shape index (κ3) is 1.00. The molecule has 1 heterocycles. The first kappa shape index (κ1) is 7.65. The minimum Gasteiger partial charge on any atom is -0.493 e. The maximum Gasteiger partial charge on any atom is 0.125 e. The molecule has 0 spiro atoms. The Morgan fingerprint density at radius 2 is 2.33 bits per heavy atom. The summed E-state index contributed by atoms with van der Waals surface area (Å²) < 4.78 is 18.1. The average molecular weight is 162 g/mol. The summed E-state index contributed by atoms with van der Waals surface area (Å²) in [5.41, 5.74) is 1.21. The number of ether oxygens (including phenoxy) is 1. The van der Waals surface area contributed by atoms with Crippen molar-refractivity contribution in [1.82, 2.24) is 0 Å². The van der Waals surface area contributed by atoms with Crippen LogP contribution in [0, 0.1) is 5.82 Å². The molecule has 1 aliphatic heterocycles. The molecule has 0 fully saturated rings. The molecule has 1 nitrogen and oxygen atoms in total. The largest absolute Gasteiger partial charge is 0.493 e. The van der Waals surface area contributed by atoms with Gasteiger partial charge in [0.05, 0.1) is 6.61 Å². The van der Waals surface area contributed by atoms with E-state index >= 15 is 0 Å². The van der Waals surface area contributed by atoms with Gasteiger partial charge in [0.2, 0.25) is 0 Å². The smallest absolute Gasteiger partial charge is 0.125 e. The summed E-state index contributed by atoms with van der Waals surface area (Å²) >= 11 is 0. The van der Waals surface area contributed by atoms with Crippen LogP contribution < -0.4 is 10.2 Å². The van der Waals surface area contributed by atoms with Gasteiger partial charge in [-0.2, -0.15) is 0 Å². The van der Waals surface area contributed by atoms with Gasteiger partial charge in [0.25, 0.3) is 0 Å². The second kappa shape index (κ2) is 2.51. The molecule has 2 rings (SSSR count). The quantitative estimate of drug-likeness (QED) is 0.519. The zero-order valence-electron chi connectivity index (χ0n) is 6.80. The highest BCUT2D eigenvalue weighted by molar-refractivity contribution is 6.32. The van der Waals surface area contributed by atoms with Crippen LogP contribution >= 0.6 is 0 Å². The maximum absolute atomic E-state index is 12.9. The van der Waals surface area contributed by atoms with Crippen molar-refractivity contribution in [2.24, 2.45) is 0 Å². The van der Waals surface area contributed by atoms with Crippen molar-refractivity contribution < 1.29 is 9.13 Å². The monoisotopic (exact) mass is 162 g/mol. The molecule has 12 heavy (non-hydrogen) atoms. The van der Waals surface area contributed by atoms with E-state index in [1.54, 1.807) is 6.07 Å². The fraction of sp³-hybridized carbons (Fsp3) is 0.333. The lowest BCUT2D eigenvalue weighted by Gasteiger charge is -2.02. The van der Waals surface area contributed by atoms with Crippen molar-refractivity contribution >= 4 is 13.3 Å². The van der Waals surface area contributed by atoms with Crippen LogP contribution in [0.25, 0.3) is 0 Å². The van der Waals surface area contributed by atoms with Gasteiger partial charge in [0.15, 0.2) is 0 Å². The lowest BCUT2D eigenvalue weighted by atomic mass is 9.90. The molecule has 1 aliphatic rings. The van der Waals surface area contributed by atoms with Gasteiger partial charge in [-0.25, -0.2) is 4.39 Å². The number of halogens is 1. The number of hydrogen-bond acceptors (Lipinski definition) is 1. The second-order valence-corrected chi connectivity index (χ2v) is 3.12. The number of hydrogen-bond donors (Lipinski definition) is 0. The molecule has 1 unspecified atom stereocenters. The first-order valence-electron chi connectivity index (χ1n) is 3.90. The van der Waals surface area contributed by atoms with Gasteiger partial charge in [-0.1, -0.05) is 18.5 Å². The van der Waals surface area contributed by atoms with E-state index in [1.807, 2.05) is 6.92 Å². The molecule has 60 valence electrons. The molecule has 1 aromatic rings. The van der Waals surface area contributed by atoms with E-state index in [4.69, 9.17) is 12.6 Å². The van der Waals surface area contributed by atoms with E-state index in [1.165, 1.54) is 6.07 Å². The van der Waals surface area contributed by atoms with Crippen LogP contribution in [0.3, 0.4) is 0 Å². The summed E-state index contributed by atoms with van der Waals surface area (Å²) in [7, 11) is 5.42. The van der Waals surface area contributed by atoms with Gasteiger partial charge in [-0.15, -0.1) is 0 Å². The highest BCUT2D eigenvalue weighted by Crippen LogP contribution is 2.32. The van der Waals surface area contributed by atoms with Gasteiger partial charge in [-0.3, -0.25) is 0 Å². The highest BCUT2D eigenvalue weighted by atomic mass is 19.1. The summed E-state index contributed by atoms with van der Waals surface area (Å²) in [5.74, 6) is 0.556. The van der Waals surface area contributed by atoms with Crippen LogP contribution in [0.2, 0.25) is 0 Å². The van der Waals surface area contributed by atoms with E-state index < -0.39 is 5.82 Å². The van der Waals surface area contributed by atoms with Gasteiger partial charge in [-0.05, 0) is 5.56 Å². The van der Waals surface area contributed by atoms with E-state index in [2.05, 4.69) is 0 Å². The Morgan fingerprint density at radius 1 is 1.58 bits per heavy atom. The van der Waals surface area contributed by atoms with Crippen molar-refractivity contribution in [2.75, 3.05) is 6.61 Å². The van der Waals surface area contributed by atoms with Crippen LogP contribution in [-0.4, -0.2) is 14.5 Å². The Balaban J connectivity index is 2.56. The molecule has 2 radical (unpaired) electrons. The molecule has 1 atom stereocenters. The molecule has 3 heteroatoms. The predicted molar refractivity (Wildman–Crippen MR) is 45.7 cm³/mol. The molecule has 0 saturated heterocycles.